The van der Waals surface area contributed by atoms with Crippen LogP contribution in [0, 0.1) is 13.8 Å². The van der Waals surface area contributed by atoms with E-state index in [1.807, 2.05) is 0 Å². The Labute approximate surface area is 99.0 Å². The van der Waals surface area contributed by atoms with Gasteiger partial charge in [0, 0.05) is 14.1 Å². The van der Waals surface area contributed by atoms with Crippen LogP contribution in [0.15, 0.2) is 9.31 Å². The van der Waals surface area contributed by atoms with Crippen molar-refractivity contribution in [3.63, 3.8) is 0 Å². The Morgan fingerprint density at radius 1 is 1.29 bits per heavy atom. The van der Waals surface area contributed by atoms with E-state index in [0.29, 0.717) is 0 Å². The van der Waals surface area contributed by atoms with E-state index in [1.165, 1.54) is 33.0 Å². The molecule has 0 unspecified atom stereocenters. The van der Waals surface area contributed by atoms with Gasteiger partial charge >= 0.3 is 5.97 Å². The fraction of sp³-hybridized carbons (Fsp3) is 0.444. The summed E-state index contributed by atoms with van der Waals surface area (Å²) in [4.78, 5) is 12.9. The summed E-state index contributed by atoms with van der Waals surface area (Å²) < 4.78 is 28.9. The van der Waals surface area contributed by atoms with Crippen LogP contribution >= 0.6 is 0 Å². The lowest BCUT2D eigenvalue weighted by molar-refractivity contribution is 0.0691. The Morgan fingerprint density at radius 3 is 2.24 bits per heavy atom. The van der Waals surface area contributed by atoms with Crippen molar-refractivity contribution in [2.45, 2.75) is 18.7 Å². The summed E-state index contributed by atoms with van der Waals surface area (Å²) in [6.07, 6.45) is 0. The van der Waals surface area contributed by atoms with Crippen LogP contribution in [0.25, 0.3) is 0 Å². The number of hydrogen-bond acceptors (Lipinski definition) is 5. The third-order valence-electron chi connectivity index (χ3n) is 1.99. The van der Waals surface area contributed by atoms with Gasteiger partial charge in [-0.1, -0.05) is 0 Å². The second-order valence-electron chi connectivity index (χ2n) is 3.71. The molecular weight excluding hydrogens is 248 g/mol. The van der Waals surface area contributed by atoms with Gasteiger partial charge in [-0.3, -0.25) is 0 Å². The van der Waals surface area contributed by atoms with Gasteiger partial charge in [-0.05, 0) is 13.8 Å². The SMILES string of the molecule is Cc1oc(C)c(S(=O)(=O)NN(C)C)c1C(=O)O. The number of hydrazine groups is 1. The molecular formula is C9H14N2O5S. The molecule has 0 saturated heterocycles. The largest absolute Gasteiger partial charge is 0.478 e. The minimum Gasteiger partial charge on any atom is -0.478 e. The zero-order valence-corrected chi connectivity index (χ0v) is 10.8. The van der Waals surface area contributed by atoms with Crippen LogP contribution in [0.4, 0.5) is 0 Å². The van der Waals surface area contributed by atoms with Crippen molar-refractivity contribution in [2.75, 3.05) is 14.1 Å². The van der Waals surface area contributed by atoms with Crippen molar-refractivity contribution in [3.05, 3.63) is 17.1 Å². The maximum Gasteiger partial charge on any atom is 0.340 e. The van der Waals surface area contributed by atoms with E-state index in [2.05, 4.69) is 4.83 Å². The molecule has 0 aliphatic rings. The van der Waals surface area contributed by atoms with Gasteiger partial charge in [-0.15, -0.1) is 4.83 Å². The molecule has 1 aromatic rings. The first kappa shape index (κ1) is 13.7. The number of rotatable bonds is 4. The second-order valence-corrected chi connectivity index (χ2v) is 5.31. The molecule has 8 heteroatoms. The molecule has 7 nitrogen and oxygen atoms in total. The molecule has 0 aromatic carbocycles. The molecule has 0 aliphatic heterocycles. The number of nitrogens with zero attached hydrogens (tertiary/aromatic N) is 1. The smallest absolute Gasteiger partial charge is 0.340 e. The van der Waals surface area contributed by atoms with E-state index in [9.17, 15) is 13.2 Å². The summed E-state index contributed by atoms with van der Waals surface area (Å²) >= 11 is 0. The zero-order valence-electron chi connectivity index (χ0n) is 9.94. The first-order valence-corrected chi connectivity index (χ1v) is 6.18. The van der Waals surface area contributed by atoms with Gasteiger partial charge < -0.3 is 9.52 Å². The van der Waals surface area contributed by atoms with Gasteiger partial charge in [0.2, 0.25) is 0 Å². The number of nitrogens with one attached hydrogen (secondary N) is 1. The molecule has 0 saturated carbocycles. The van der Waals surface area contributed by atoms with Crippen molar-refractivity contribution >= 4 is 16.0 Å². The zero-order chi connectivity index (χ0) is 13.4. The molecule has 0 bridgehead atoms. The molecule has 0 atom stereocenters. The number of sulfonamides is 1. The average molecular weight is 262 g/mol. The molecule has 1 aromatic heterocycles. The lowest BCUT2D eigenvalue weighted by Crippen LogP contribution is -2.36. The molecule has 2 N–H and O–H groups in total. The number of carboxylic acid groups (broad SMARTS) is 1. The molecule has 0 amide bonds. The van der Waals surface area contributed by atoms with Crippen LogP contribution in [0.3, 0.4) is 0 Å². The summed E-state index contributed by atoms with van der Waals surface area (Å²) in [5, 5.41) is 10.2. The summed E-state index contributed by atoms with van der Waals surface area (Å²) in [6, 6.07) is 0. The molecule has 0 radical (unpaired) electrons. The Hall–Kier alpha value is -1.38. The highest BCUT2D eigenvalue weighted by Gasteiger charge is 2.31. The molecule has 0 fully saturated rings. The molecule has 17 heavy (non-hydrogen) atoms. The lowest BCUT2D eigenvalue weighted by Gasteiger charge is -2.12. The fourth-order valence-electron chi connectivity index (χ4n) is 1.52. The molecule has 1 heterocycles. The molecule has 1 rings (SSSR count). The van der Waals surface area contributed by atoms with E-state index >= 15 is 0 Å². The number of furan rings is 1. The topological polar surface area (TPSA) is 99.9 Å². The first-order chi connectivity index (χ1) is 7.66. The second kappa shape index (κ2) is 4.47. The van der Waals surface area contributed by atoms with Crippen LogP contribution < -0.4 is 4.83 Å². The molecule has 0 spiro atoms. The maximum atomic E-state index is 11.9. The quantitative estimate of drug-likeness (QED) is 0.759. The van der Waals surface area contributed by atoms with E-state index in [-0.39, 0.29) is 22.0 Å². The highest BCUT2D eigenvalue weighted by atomic mass is 32.2. The first-order valence-electron chi connectivity index (χ1n) is 4.70. The fourth-order valence-corrected chi connectivity index (χ4v) is 3.01. The third kappa shape index (κ3) is 2.65. The minimum absolute atomic E-state index is 0.0502. The number of hydrogen-bond donors (Lipinski definition) is 2. The van der Waals surface area contributed by atoms with E-state index in [1.54, 1.807) is 0 Å². The standard InChI is InChI=1S/C9H14N2O5S/c1-5-7(9(12)13)8(6(2)16-5)17(14,15)10-11(3)4/h10H,1-4H3,(H,12,13). The highest BCUT2D eigenvalue weighted by Crippen LogP contribution is 2.26. The predicted octanol–water partition coefficient (Wildman–Crippen LogP) is 0.350. The Kier molecular flexibility index (Phi) is 3.60. The molecule has 0 aliphatic carbocycles. The average Bonchev–Trinajstić information content (AvgIpc) is 2.38. The number of carboxylic acids is 1. The summed E-state index contributed by atoms with van der Waals surface area (Å²) in [6.45, 7) is 2.81. The van der Waals surface area contributed by atoms with Crippen molar-refractivity contribution in [1.29, 1.82) is 0 Å². The van der Waals surface area contributed by atoms with Crippen molar-refractivity contribution in [1.82, 2.24) is 9.84 Å². The van der Waals surface area contributed by atoms with E-state index < -0.39 is 16.0 Å². The normalized spacial score (nSPS) is 12.1. The van der Waals surface area contributed by atoms with Crippen molar-refractivity contribution in [2.24, 2.45) is 0 Å². The van der Waals surface area contributed by atoms with Crippen LogP contribution in [0.5, 0.6) is 0 Å². The number of aromatic carboxylic acids is 1. The molecule has 96 valence electrons. The monoisotopic (exact) mass is 262 g/mol. The van der Waals surface area contributed by atoms with Gasteiger partial charge in [0.15, 0.2) is 0 Å². The van der Waals surface area contributed by atoms with Gasteiger partial charge in [0.25, 0.3) is 10.0 Å². The summed E-state index contributed by atoms with van der Waals surface area (Å²) in [7, 11) is -0.971. The van der Waals surface area contributed by atoms with Gasteiger partial charge in [-0.25, -0.2) is 18.2 Å². The van der Waals surface area contributed by atoms with Gasteiger partial charge in [0.05, 0.1) is 0 Å². The van der Waals surface area contributed by atoms with Gasteiger partial charge in [0.1, 0.15) is 22.0 Å². The van der Waals surface area contributed by atoms with E-state index in [4.69, 9.17) is 9.52 Å². The Balaban J connectivity index is 3.46. The number of carbonyl (C=O) groups is 1. The summed E-state index contributed by atoms with van der Waals surface area (Å²) in [5.41, 5.74) is -0.336. The maximum absolute atomic E-state index is 11.9. The van der Waals surface area contributed by atoms with Crippen molar-refractivity contribution < 1.29 is 22.7 Å². The van der Waals surface area contributed by atoms with Crippen molar-refractivity contribution in [3.8, 4) is 0 Å². The van der Waals surface area contributed by atoms with Crippen LogP contribution in [0.1, 0.15) is 21.9 Å². The Morgan fingerprint density at radius 2 is 1.82 bits per heavy atom. The Bertz CT molecular complexity index is 544. The van der Waals surface area contributed by atoms with Crippen LogP contribution in [-0.2, 0) is 10.0 Å². The van der Waals surface area contributed by atoms with Gasteiger partial charge in [-0.2, -0.15) is 0 Å². The van der Waals surface area contributed by atoms with Crippen LogP contribution in [-0.4, -0.2) is 38.6 Å². The van der Waals surface area contributed by atoms with Crippen LogP contribution in [0.2, 0.25) is 0 Å². The highest BCUT2D eigenvalue weighted by molar-refractivity contribution is 7.89. The van der Waals surface area contributed by atoms with E-state index in [0.717, 1.165) is 0 Å². The lowest BCUT2D eigenvalue weighted by atomic mass is 10.2. The predicted molar refractivity (Wildman–Crippen MR) is 59.1 cm³/mol. The third-order valence-corrected chi connectivity index (χ3v) is 3.62. The summed E-state index contributed by atoms with van der Waals surface area (Å²) in [5.74, 6) is -1.22. The number of aryl methyl sites for hydroxylation is 2. The minimum atomic E-state index is -3.94.